The number of aromatic carboxylic acids is 2. The summed E-state index contributed by atoms with van der Waals surface area (Å²) in [4.78, 5) is 28.9. The first-order valence-corrected chi connectivity index (χ1v) is 4.95. The van der Waals surface area contributed by atoms with Gasteiger partial charge >= 0.3 is 16.5 Å². The molecule has 8 nitrogen and oxygen atoms in total. The van der Waals surface area contributed by atoms with Gasteiger partial charge in [-0.25, -0.2) is 9.97 Å². The number of hydrogen-bond acceptors (Lipinski definition) is 6. The van der Waals surface area contributed by atoms with Crippen molar-refractivity contribution in [1.29, 1.82) is 0 Å². The smallest absolute Gasteiger partial charge is 0.543 e. The number of nitrogens with zero attached hydrogens (tertiary/aromatic N) is 2. The zero-order valence-corrected chi connectivity index (χ0v) is 11.5. The van der Waals surface area contributed by atoms with Gasteiger partial charge in [0.2, 0.25) is 0 Å². The van der Waals surface area contributed by atoms with Crippen LogP contribution in [0.5, 0.6) is 0 Å². The third-order valence-electron chi connectivity index (χ3n) is 2.18. The van der Waals surface area contributed by atoms with Crippen molar-refractivity contribution in [3.8, 4) is 11.4 Å². The minimum absolute atomic E-state index is 0. The Bertz CT molecular complexity index is 579. The zero-order chi connectivity index (χ0) is 13.1. The van der Waals surface area contributed by atoms with Gasteiger partial charge in [0, 0.05) is 0 Å². The van der Waals surface area contributed by atoms with Crippen molar-refractivity contribution in [1.82, 2.24) is 9.97 Å². The standard InChI is InChI=1S/C12H8N2O4.Ni.2H2O/c15-11(16)9-5-1-3-7(13-9)8-4-2-6-10(14-8)12(17)18;;;/h1-6H,(H,15,16)(H,17,18);;2*1H2/q;+2;;. The first-order chi connectivity index (χ1) is 8.58. The number of hydrogen-bond donors (Lipinski definition) is 0. The van der Waals surface area contributed by atoms with Crippen LogP contribution in [0.4, 0.5) is 0 Å². The fourth-order valence-corrected chi connectivity index (χ4v) is 1.38. The molecule has 2 rings (SSSR count). The van der Waals surface area contributed by atoms with E-state index in [9.17, 15) is 19.8 Å². The van der Waals surface area contributed by atoms with E-state index in [0.29, 0.717) is 0 Å². The number of aromatic nitrogens is 2. The molecule has 0 amide bonds. The average molecular weight is 339 g/mol. The van der Waals surface area contributed by atoms with Gasteiger partial charge in [-0.2, -0.15) is 0 Å². The molecular weight excluding hydrogens is 327 g/mol. The number of pyridine rings is 2. The summed E-state index contributed by atoms with van der Waals surface area (Å²) in [5.41, 5.74) is 0.0147. The van der Waals surface area contributed by atoms with Crippen molar-refractivity contribution >= 4 is 11.9 Å². The van der Waals surface area contributed by atoms with Crippen LogP contribution in [-0.4, -0.2) is 21.9 Å². The monoisotopic (exact) mass is 338 g/mol. The summed E-state index contributed by atoms with van der Waals surface area (Å²) < 4.78 is 0. The Hall–Kier alpha value is -2.35. The summed E-state index contributed by atoms with van der Waals surface area (Å²) in [6.07, 6.45) is 0. The Morgan fingerprint density at radius 1 is 0.762 bits per heavy atom. The molecule has 2 heterocycles. The van der Waals surface area contributed by atoms with Crippen molar-refractivity contribution in [2.75, 3.05) is 0 Å². The quantitative estimate of drug-likeness (QED) is 0.426. The van der Waals surface area contributed by atoms with Gasteiger partial charge in [0.1, 0.15) is 0 Å². The number of carbonyl (C=O) groups excluding carboxylic acids is 2. The van der Waals surface area contributed by atoms with Crippen LogP contribution in [0.15, 0.2) is 36.4 Å². The van der Waals surface area contributed by atoms with Crippen molar-refractivity contribution < 1.29 is 47.2 Å². The largest absolute Gasteiger partial charge is 2.00 e. The number of carboxylic acids is 2. The van der Waals surface area contributed by atoms with Crippen molar-refractivity contribution in [2.24, 2.45) is 0 Å². The second-order valence-corrected chi connectivity index (χ2v) is 3.39. The third-order valence-corrected chi connectivity index (χ3v) is 2.18. The topological polar surface area (TPSA) is 172 Å². The van der Waals surface area contributed by atoms with Gasteiger partial charge in [0.25, 0.3) is 0 Å². The van der Waals surface area contributed by atoms with Crippen molar-refractivity contribution in [3.63, 3.8) is 0 Å². The molecule has 9 heteroatoms. The van der Waals surface area contributed by atoms with Crippen LogP contribution in [0, 0.1) is 0 Å². The molecule has 114 valence electrons. The second-order valence-electron chi connectivity index (χ2n) is 3.39. The molecule has 0 aliphatic rings. The van der Waals surface area contributed by atoms with Gasteiger partial charge in [-0.3, -0.25) is 0 Å². The fraction of sp³-hybridized carbons (Fsp3) is 0. The average Bonchev–Trinajstić information content (AvgIpc) is 2.39. The van der Waals surface area contributed by atoms with Gasteiger partial charge in [0.05, 0.1) is 34.7 Å². The minimum Gasteiger partial charge on any atom is -0.543 e. The number of carboxylic acid groups (broad SMARTS) is 2. The van der Waals surface area contributed by atoms with Crippen LogP contribution in [0.1, 0.15) is 21.0 Å². The summed E-state index contributed by atoms with van der Waals surface area (Å²) in [5.74, 6) is -2.82. The predicted molar refractivity (Wildman–Crippen MR) is 65.9 cm³/mol. The molecule has 21 heavy (non-hydrogen) atoms. The minimum atomic E-state index is -1.41. The Kier molecular flexibility index (Phi) is 8.73. The maximum Gasteiger partial charge on any atom is 2.00 e. The SMILES string of the molecule is O=C([O-])c1cccc(-c2cccc(C(=O)[O-])n2)n1.[Ni+2].[OH3+].[OH3+]. The molecule has 2 aromatic heterocycles. The van der Waals surface area contributed by atoms with Gasteiger partial charge in [-0.1, -0.05) is 12.1 Å². The molecule has 6 N–H and O–H groups in total. The molecule has 2 aromatic rings. The van der Waals surface area contributed by atoms with Crippen LogP contribution in [-0.2, 0) is 27.4 Å². The summed E-state index contributed by atoms with van der Waals surface area (Å²) in [5, 5.41) is 21.3. The predicted octanol–water partition coefficient (Wildman–Crippen LogP) is -2.98. The van der Waals surface area contributed by atoms with E-state index in [0.717, 1.165) is 0 Å². The van der Waals surface area contributed by atoms with E-state index >= 15 is 0 Å². The number of rotatable bonds is 3. The van der Waals surface area contributed by atoms with Crippen LogP contribution in [0.25, 0.3) is 11.4 Å². The molecule has 0 bridgehead atoms. The molecule has 0 radical (unpaired) electrons. The maximum atomic E-state index is 10.7. The van der Waals surface area contributed by atoms with E-state index in [-0.39, 0.29) is 50.2 Å². The van der Waals surface area contributed by atoms with E-state index < -0.39 is 11.9 Å². The van der Waals surface area contributed by atoms with Gasteiger partial charge < -0.3 is 30.8 Å². The molecular formula is C12H12N2NiO6+2. The molecule has 0 atom stereocenters. The van der Waals surface area contributed by atoms with E-state index in [2.05, 4.69) is 9.97 Å². The van der Waals surface area contributed by atoms with Crippen LogP contribution in [0.3, 0.4) is 0 Å². The van der Waals surface area contributed by atoms with Gasteiger partial charge in [0.15, 0.2) is 0 Å². The molecule has 0 saturated carbocycles. The Morgan fingerprint density at radius 2 is 1.10 bits per heavy atom. The first-order valence-electron chi connectivity index (χ1n) is 4.95. The van der Waals surface area contributed by atoms with E-state index in [1.54, 1.807) is 0 Å². The number of carbonyl (C=O) groups is 2. The second kappa shape index (κ2) is 8.75. The normalized spacial score (nSPS) is 8.57. The third kappa shape index (κ3) is 4.92. The summed E-state index contributed by atoms with van der Waals surface area (Å²) in [6, 6.07) is 8.55. The summed E-state index contributed by atoms with van der Waals surface area (Å²) >= 11 is 0. The molecule has 0 saturated heterocycles. The zero-order valence-electron chi connectivity index (χ0n) is 10.5. The van der Waals surface area contributed by atoms with E-state index in [4.69, 9.17) is 0 Å². The maximum absolute atomic E-state index is 10.7. The van der Waals surface area contributed by atoms with Gasteiger partial charge in [-0.05, 0) is 24.3 Å². The van der Waals surface area contributed by atoms with Crippen LogP contribution >= 0.6 is 0 Å². The molecule has 0 aromatic carbocycles. The van der Waals surface area contributed by atoms with Crippen molar-refractivity contribution in [3.05, 3.63) is 47.8 Å². The molecule has 0 fully saturated rings. The molecule has 0 aliphatic carbocycles. The first kappa shape index (κ1) is 21.0. The van der Waals surface area contributed by atoms with E-state index in [1.165, 1.54) is 36.4 Å². The summed E-state index contributed by atoms with van der Waals surface area (Å²) in [7, 11) is 0. The molecule has 0 unspecified atom stereocenters. The van der Waals surface area contributed by atoms with Crippen molar-refractivity contribution in [2.45, 2.75) is 0 Å². The van der Waals surface area contributed by atoms with E-state index in [1.807, 2.05) is 0 Å². The van der Waals surface area contributed by atoms with Gasteiger partial charge in [-0.15, -0.1) is 0 Å². The van der Waals surface area contributed by atoms with Crippen LogP contribution in [0.2, 0.25) is 0 Å². The molecule has 0 aliphatic heterocycles. The Balaban J connectivity index is 0. The fourth-order valence-electron chi connectivity index (χ4n) is 1.38. The Labute approximate surface area is 129 Å². The Morgan fingerprint density at radius 3 is 1.38 bits per heavy atom. The summed E-state index contributed by atoms with van der Waals surface area (Å²) in [6.45, 7) is 0. The molecule has 0 spiro atoms. The van der Waals surface area contributed by atoms with Crippen LogP contribution < -0.4 is 10.2 Å².